The summed E-state index contributed by atoms with van der Waals surface area (Å²) < 4.78 is 0. The van der Waals surface area contributed by atoms with Gasteiger partial charge in [-0.15, -0.1) is 0 Å². The molecule has 0 rings (SSSR count). The first-order chi connectivity index (χ1) is 9.38. The normalized spacial score (nSPS) is 10.9. The summed E-state index contributed by atoms with van der Waals surface area (Å²) in [6, 6.07) is 0. The smallest absolute Gasteiger partial charge is 0.155 e. The van der Waals surface area contributed by atoms with E-state index in [4.69, 9.17) is 15.3 Å². The molecule has 0 aromatic carbocycles. The van der Waals surface area contributed by atoms with Crippen molar-refractivity contribution < 1.29 is 76.6 Å². The van der Waals surface area contributed by atoms with Gasteiger partial charge >= 0.3 is 0 Å². The first-order valence-electron chi connectivity index (χ1n) is 6.02. The molecule has 22 heavy (non-hydrogen) atoms. The molecule has 0 amide bonds. The zero-order valence-corrected chi connectivity index (χ0v) is 15.3. The largest absolute Gasteiger partial charge is 0.512 e. The minimum atomic E-state index is -0.125. The Morgan fingerprint density at radius 3 is 0.682 bits per heavy atom. The van der Waals surface area contributed by atoms with Crippen molar-refractivity contribution in [2.45, 2.75) is 41.5 Å². The molecule has 0 aliphatic carbocycles. The molecule has 7 heteroatoms. The van der Waals surface area contributed by atoms with Crippen molar-refractivity contribution in [1.29, 1.82) is 0 Å². The standard InChI is InChI=1S/3C5H8O2.Yb/c3*1-4(6)3-5(2)7;/h3*3,6H,1-2H3;/b3*4-3-;. The van der Waals surface area contributed by atoms with E-state index < -0.39 is 0 Å². The minimum absolute atomic E-state index is 0. The molecule has 0 unspecified atom stereocenters. The Morgan fingerprint density at radius 2 is 0.682 bits per heavy atom. The van der Waals surface area contributed by atoms with Gasteiger partial charge in [0.15, 0.2) is 17.3 Å². The van der Waals surface area contributed by atoms with Crippen molar-refractivity contribution >= 4 is 17.3 Å². The van der Waals surface area contributed by atoms with Crippen LogP contribution in [0.4, 0.5) is 0 Å². The van der Waals surface area contributed by atoms with Gasteiger partial charge in [-0.1, -0.05) is 0 Å². The summed E-state index contributed by atoms with van der Waals surface area (Å²) in [5.41, 5.74) is 0. The third-order valence-corrected chi connectivity index (χ3v) is 1.24. The fourth-order valence-corrected chi connectivity index (χ4v) is 0.882. The van der Waals surface area contributed by atoms with Crippen molar-refractivity contribution in [3.8, 4) is 0 Å². The number of hydrogen-bond acceptors (Lipinski definition) is 6. The Morgan fingerprint density at radius 1 is 0.545 bits per heavy atom. The van der Waals surface area contributed by atoms with Crippen LogP contribution in [0.25, 0.3) is 0 Å². The molecule has 0 atom stereocenters. The van der Waals surface area contributed by atoms with Gasteiger partial charge in [-0.3, -0.25) is 14.4 Å². The molecule has 0 spiro atoms. The van der Waals surface area contributed by atoms with Crippen molar-refractivity contribution in [1.82, 2.24) is 0 Å². The Bertz CT molecular complexity index is 368. The summed E-state index contributed by atoms with van der Waals surface area (Å²) in [6.07, 6.45) is 3.50. The van der Waals surface area contributed by atoms with Gasteiger partial charge in [0.2, 0.25) is 0 Å². The number of aliphatic hydroxyl groups is 3. The SMILES string of the molecule is CC(=O)/C=C(/C)O.CC(=O)/C=C(/C)O.CC(=O)/C=C(/C)O.[Yb]. The van der Waals surface area contributed by atoms with Crippen LogP contribution in [-0.4, -0.2) is 32.7 Å². The van der Waals surface area contributed by atoms with Crippen LogP contribution >= 0.6 is 0 Å². The van der Waals surface area contributed by atoms with Crippen molar-refractivity contribution in [3.63, 3.8) is 0 Å². The maximum absolute atomic E-state index is 10.0. The molecule has 0 aliphatic rings. The second kappa shape index (κ2) is 18.2. The van der Waals surface area contributed by atoms with Crippen LogP contribution in [0.5, 0.6) is 0 Å². The third kappa shape index (κ3) is 50.7. The number of aliphatic hydroxyl groups excluding tert-OH is 3. The van der Waals surface area contributed by atoms with E-state index in [9.17, 15) is 14.4 Å². The average Bonchev–Trinajstić information content (AvgIpc) is 2.10. The molecule has 0 aromatic heterocycles. The molecule has 0 radical (unpaired) electrons. The molecule has 0 aromatic rings. The maximum Gasteiger partial charge on any atom is 0.155 e. The molecule has 134 valence electrons. The molecular formula is C15H24O6Yb. The number of carbonyl (C=O) groups excluding carboxylic acids is 3. The average molecular weight is 473 g/mol. The minimum Gasteiger partial charge on any atom is -0.512 e. The number of ketones is 3. The summed E-state index contributed by atoms with van der Waals surface area (Å²) in [7, 11) is 0. The second-order valence-electron chi connectivity index (χ2n) is 4.19. The monoisotopic (exact) mass is 474 g/mol. The number of carbonyl (C=O) groups is 3. The van der Waals surface area contributed by atoms with E-state index in [2.05, 4.69) is 0 Å². The van der Waals surface area contributed by atoms with E-state index in [1.165, 1.54) is 59.8 Å². The Kier molecular flexibility index (Phi) is 24.2. The van der Waals surface area contributed by atoms with E-state index >= 15 is 0 Å². The zero-order valence-electron chi connectivity index (χ0n) is 13.6. The van der Waals surface area contributed by atoms with Crippen LogP contribution in [0.2, 0.25) is 0 Å². The van der Waals surface area contributed by atoms with Gasteiger partial charge in [-0.2, -0.15) is 0 Å². The topological polar surface area (TPSA) is 112 Å². The van der Waals surface area contributed by atoms with Crippen molar-refractivity contribution in [3.05, 3.63) is 35.5 Å². The van der Waals surface area contributed by atoms with Gasteiger partial charge in [0.05, 0.1) is 17.3 Å². The number of rotatable bonds is 3. The quantitative estimate of drug-likeness (QED) is 0.429. The van der Waals surface area contributed by atoms with Gasteiger partial charge in [0.1, 0.15) is 0 Å². The van der Waals surface area contributed by atoms with Crippen LogP contribution in [0.15, 0.2) is 35.5 Å². The Labute approximate surface area is 169 Å². The Balaban J connectivity index is -0.000000108. The van der Waals surface area contributed by atoms with Crippen molar-refractivity contribution in [2.75, 3.05) is 0 Å². The summed E-state index contributed by atoms with van der Waals surface area (Å²) in [4.78, 5) is 30.1. The summed E-state index contributed by atoms with van der Waals surface area (Å²) in [6.45, 7) is 8.54. The summed E-state index contributed by atoms with van der Waals surface area (Å²) in [5, 5.41) is 25.1. The molecule has 3 N–H and O–H groups in total. The summed E-state index contributed by atoms with van der Waals surface area (Å²) >= 11 is 0. The molecule has 0 heterocycles. The predicted molar refractivity (Wildman–Crippen MR) is 81.2 cm³/mol. The number of allylic oxidation sites excluding steroid dienone is 6. The fraction of sp³-hybridized carbons (Fsp3) is 0.400. The van der Waals surface area contributed by atoms with Gasteiger partial charge in [-0.05, 0) is 41.5 Å². The first kappa shape index (κ1) is 29.2. The number of hydrogen-bond donors (Lipinski definition) is 3. The second-order valence-corrected chi connectivity index (χ2v) is 4.19. The van der Waals surface area contributed by atoms with Crippen LogP contribution in [-0.2, 0) is 14.4 Å². The molecular weight excluding hydrogens is 449 g/mol. The molecule has 0 saturated heterocycles. The zero-order chi connectivity index (χ0) is 17.6. The Hall–Kier alpha value is -0.851. The van der Waals surface area contributed by atoms with Gasteiger partial charge in [0, 0.05) is 65.2 Å². The van der Waals surface area contributed by atoms with Gasteiger partial charge in [0.25, 0.3) is 0 Å². The third-order valence-electron chi connectivity index (χ3n) is 1.24. The van der Waals surface area contributed by atoms with Crippen LogP contribution < -0.4 is 0 Å². The van der Waals surface area contributed by atoms with E-state index in [-0.39, 0.29) is 81.6 Å². The van der Waals surface area contributed by atoms with Crippen LogP contribution in [0.1, 0.15) is 41.5 Å². The maximum atomic E-state index is 10.0. The van der Waals surface area contributed by atoms with Crippen LogP contribution in [0.3, 0.4) is 0 Å². The van der Waals surface area contributed by atoms with E-state index in [1.807, 2.05) is 0 Å². The van der Waals surface area contributed by atoms with E-state index in [0.717, 1.165) is 0 Å². The van der Waals surface area contributed by atoms with E-state index in [0.29, 0.717) is 0 Å². The van der Waals surface area contributed by atoms with Crippen molar-refractivity contribution in [2.24, 2.45) is 0 Å². The molecule has 0 fully saturated rings. The summed E-state index contributed by atoms with van der Waals surface area (Å²) in [5.74, 6) is -0.187. The van der Waals surface area contributed by atoms with Gasteiger partial charge in [-0.25, -0.2) is 0 Å². The molecule has 6 nitrogen and oxygen atoms in total. The fourth-order valence-electron chi connectivity index (χ4n) is 0.882. The van der Waals surface area contributed by atoms with Crippen LogP contribution in [0, 0.1) is 46.9 Å². The predicted octanol–water partition coefficient (Wildman–Crippen LogP) is 3.11. The molecule has 0 saturated carbocycles. The first-order valence-corrected chi connectivity index (χ1v) is 6.02. The molecule has 0 bridgehead atoms. The van der Waals surface area contributed by atoms with E-state index in [1.54, 1.807) is 0 Å². The molecule has 0 aliphatic heterocycles. The van der Waals surface area contributed by atoms with Gasteiger partial charge < -0.3 is 15.3 Å².